The van der Waals surface area contributed by atoms with Gasteiger partial charge in [0.25, 0.3) is 0 Å². The van der Waals surface area contributed by atoms with Crippen LogP contribution in [0, 0.1) is 0 Å². The molecule has 0 N–H and O–H groups in total. The Morgan fingerprint density at radius 2 is 0.432 bits per heavy atom. The molecule has 2 nitrogen and oxygen atoms in total. The van der Waals surface area contributed by atoms with Crippen molar-refractivity contribution in [2.24, 2.45) is 0 Å². The van der Waals surface area contributed by atoms with E-state index in [1.54, 1.807) is 0 Å². The summed E-state index contributed by atoms with van der Waals surface area (Å²) in [5, 5.41) is 2.28. The highest BCUT2D eigenvalue weighted by Crippen LogP contribution is 2.40. The molecule has 12 aromatic carbocycles. The van der Waals surface area contributed by atoms with Crippen LogP contribution in [0.2, 0.25) is 0 Å². The van der Waals surface area contributed by atoms with E-state index in [9.17, 15) is 0 Å². The van der Waals surface area contributed by atoms with Crippen LogP contribution in [0.4, 0.5) is 17.1 Å². The van der Waals surface area contributed by atoms with Crippen molar-refractivity contribution in [1.29, 1.82) is 0 Å². The average Bonchev–Trinajstić information content (AvgIpc) is 3.87. The number of nitrogens with zero attached hydrogens (tertiary/aromatic N) is 1. The Morgan fingerprint density at radius 1 is 0.176 bits per heavy atom. The highest BCUT2D eigenvalue weighted by atomic mass is 16.3. The number of hydrogen-bond donors (Lipinski definition) is 0. The van der Waals surface area contributed by atoms with Crippen molar-refractivity contribution in [3.05, 3.63) is 297 Å². The van der Waals surface area contributed by atoms with Gasteiger partial charge in [0, 0.05) is 27.8 Å². The van der Waals surface area contributed by atoms with Gasteiger partial charge in [0.1, 0.15) is 11.2 Å². The Hall–Kier alpha value is -9.76. The van der Waals surface area contributed by atoms with E-state index in [-0.39, 0.29) is 0 Å². The van der Waals surface area contributed by atoms with Gasteiger partial charge in [0.2, 0.25) is 0 Å². The monoisotopic (exact) mass is 943 g/mol. The van der Waals surface area contributed by atoms with Crippen molar-refractivity contribution in [2.45, 2.75) is 0 Å². The molecule has 1 aromatic heterocycles. The molecule has 13 aromatic rings. The smallest absolute Gasteiger partial charge is 0.136 e. The van der Waals surface area contributed by atoms with Gasteiger partial charge in [0.15, 0.2) is 0 Å². The molecule has 0 unspecified atom stereocenters. The fourth-order valence-corrected chi connectivity index (χ4v) is 10.4. The van der Waals surface area contributed by atoms with Crippen LogP contribution in [0.5, 0.6) is 0 Å². The lowest BCUT2D eigenvalue weighted by atomic mass is 9.96. The van der Waals surface area contributed by atoms with Crippen molar-refractivity contribution in [3.63, 3.8) is 0 Å². The third-order valence-corrected chi connectivity index (χ3v) is 14.3. The first-order valence-corrected chi connectivity index (χ1v) is 25.3. The molecule has 0 saturated heterocycles. The normalized spacial score (nSPS) is 11.2. The van der Waals surface area contributed by atoms with E-state index in [1.807, 2.05) is 12.1 Å². The van der Waals surface area contributed by atoms with E-state index in [0.717, 1.165) is 72.4 Å². The van der Waals surface area contributed by atoms with Crippen molar-refractivity contribution in [2.75, 3.05) is 4.90 Å². The second kappa shape index (κ2) is 19.4. The van der Waals surface area contributed by atoms with Gasteiger partial charge in [-0.3, -0.25) is 0 Å². The molecular weight excluding hydrogens is 895 g/mol. The summed E-state index contributed by atoms with van der Waals surface area (Å²) >= 11 is 0. The summed E-state index contributed by atoms with van der Waals surface area (Å²) in [6.45, 7) is 0. The Bertz CT molecular complexity index is 3930. The number of benzene rings is 12. The van der Waals surface area contributed by atoms with Crippen molar-refractivity contribution >= 4 is 39.0 Å². The second-order valence-corrected chi connectivity index (χ2v) is 18.9. The maximum absolute atomic E-state index is 6.27. The molecule has 348 valence electrons. The van der Waals surface area contributed by atoms with E-state index in [4.69, 9.17) is 4.42 Å². The lowest BCUT2D eigenvalue weighted by Crippen LogP contribution is -2.09. The maximum atomic E-state index is 6.27. The molecule has 74 heavy (non-hydrogen) atoms. The molecule has 0 aliphatic rings. The minimum Gasteiger partial charge on any atom is -0.456 e. The lowest BCUT2D eigenvalue weighted by Gasteiger charge is -2.26. The molecule has 0 saturated carbocycles. The van der Waals surface area contributed by atoms with Crippen molar-refractivity contribution in [3.8, 4) is 89.0 Å². The molecule has 0 atom stereocenters. The van der Waals surface area contributed by atoms with Gasteiger partial charge < -0.3 is 9.32 Å². The molecule has 0 amide bonds. The summed E-state index contributed by atoms with van der Waals surface area (Å²) in [5.41, 5.74) is 23.9. The van der Waals surface area contributed by atoms with Gasteiger partial charge in [-0.1, -0.05) is 212 Å². The third-order valence-electron chi connectivity index (χ3n) is 14.3. The van der Waals surface area contributed by atoms with E-state index >= 15 is 0 Å². The number of furan rings is 1. The quantitative estimate of drug-likeness (QED) is 0.128. The topological polar surface area (TPSA) is 16.4 Å². The van der Waals surface area contributed by atoms with Crippen LogP contribution in [0.25, 0.3) is 111 Å². The summed E-state index contributed by atoms with van der Waals surface area (Å²) in [7, 11) is 0. The molecule has 13 rings (SSSR count). The van der Waals surface area contributed by atoms with E-state index < -0.39 is 0 Å². The minimum absolute atomic E-state index is 0.899. The molecule has 0 fully saturated rings. The van der Waals surface area contributed by atoms with Crippen LogP contribution in [0.1, 0.15) is 0 Å². The van der Waals surface area contributed by atoms with Crippen LogP contribution >= 0.6 is 0 Å². The molecule has 0 aliphatic carbocycles. The van der Waals surface area contributed by atoms with E-state index in [2.05, 4.69) is 290 Å². The SMILES string of the molecule is c1ccc(-c2cccc(-c3cccc(-c4ccc(N(c5ccc(-c6cccc(-c7cccc(-c8ccccc8)c7)c6)cc5)c5ccc(-c6cccc(-c7ccc8c(c7)oc7ccccc78)c6)cc5)cc4)c3)c2)cc1. The van der Waals surface area contributed by atoms with Gasteiger partial charge in [-0.05, 0) is 174 Å². The zero-order valence-electron chi connectivity index (χ0n) is 40.6. The Kier molecular flexibility index (Phi) is 11.6. The van der Waals surface area contributed by atoms with Gasteiger partial charge >= 0.3 is 0 Å². The Morgan fingerprint density at radius 3 is 0.797 bits per heavy atom. The first-order chi connectivity index (χ1) is 36.6. The predicted molar refractivity (Wildman–Crippen MR) is 312 cm³/mol. The summed E-state index contributed by atoms with van der Waals surface area (Å²) in [5.74, 6) is 0. The zero-order valence-corrected chi connectivity index (χ0v) is 40.6. The number of fused-ring (bicyclic) bond motifs is 3. The predicted octanol–water partition coefficient (Wildman–Crippen LogP) is 20.4. The van der Waals surface area contributed by atoms with Crippen LogP contribution in [0.3, 0.4) is 0 Å². The molecule has 2 heteroatoms. The Labute approximate surface area is 432 Å². The molecule has 0 bridgehead atoms. The highest BCUT2D eigenvalue weighted by Gasteiger charge is 2.16. The zero-order chi connectivity index (χ0) is 49.2. The van der Waals surface area contributed by atoms with E-state index in [0.29, 0.717) is 0 Å². The highest BCUT2D eigenvalue weighted by molar-refractivity contribution is 6.06. The molecule has 0 spiro atoms. The summed E-state index contributed by atoms with van der Waals surface area (Å²) < 4.78 is 6.27. The van der Waals surface area contributed by atoms with Crippen molar-refractivity contribution in [1.82, 2.24) is 0 Å². The van der Waals surface area contributed by atoms with Crippen molar-refractivity contribution < 1.29 is 4.42 Å². The fourth-order valence-electron chi connectivity index (χ4n) is 10.4. The maximum Gasteiger partial charge on any atom is 0.136 e. The first-order valence-electron chi connectivity index (χ1n) is 25.3. The standard InChI is InChI=1S/C72H49NO/c1-3-14-50(15-4-1)55-18-9-23-60(44-55)62-25-11-20-57(46-62)52-30-37-66(38-31-52)73(67-39-32-53(33-40-67)58-21-12-26-63(47-58)61-24-10-19-56(45-61)51-16-5-2-6-17-51)68-41-34-54(35-42-68)59-22-13-27-64(48-59)65-36-43-70-69-28-7-8-29-71(69)74-72(70)49-65/h1-49H. The molecular formula is C72H49NO. The summed E-state index contributed by atoms with van der Waals surface area (Å²) in [4.78, 5) is 2.35. The van der Waals surface area contributed by atoms with E-state index in [1.165, 1.54) is 55.6 Å². The number of rotatable bonds is 11. The number of anilines is 3. The van der Waals surface area contributed by atoms with Crippen LogP contribution in [0.15, 0.2) is 302 Å². The van der Waals surface area contributed by atoms with Crippen LogP contribution in [-0.2, 0) is 0 Å². The Balaban J connectivity index is 0.823. The van der Waals surface area contributed by atoms with Crippen LogP contribution < -0.4 is 4.90 Å². The van der Waals surface area contributed by atoms with Gasteiger partial charge in [0.05, 0.1) is 0 Å². The minimum atomic E-state index is 0.899. The second-order valence-electron chi connectivity index (χ2n) is 18.9. The lowest BCUT2D eigenvalue weighted by molar-refractivity contribution is 0.669. The van der Waals surface area contributed by atoms with Crippen LogP contribution in [-0.4, -0.2) is 0 Å². The van der Waals surface area contributed by atoms with Gasteiger partial charge in [-0.15, -0.1) is 0 Å². The average molecular weight is 944 g/mol. The molecule has 1 heterocycles. The first kappa shape index (κ1) is 44.2. The van der Waals surface area contributed by atoms with Gasteiger partial charge in [-0.2, -0.15) is 0 Å². The molecule has 0 radical (unpaired) electrons. The van der Waals surface area contributed by atoms with Gasteiger partial charge in [-0.25, -0.2) is 0 Å². The number of hydrogen-bond acceptors (Lipinski definition) is 2. The number of para-hydroxylation sites is 1. The fraction of sp³-hybridized carbons (Fsp3) is 0. The summed E-state index contributed by atoms with van der Waals surface area (Å²) in [6, 6.07) is 107. The third kappa shape index (κ3) is 8.87. The molecule has 0 aliphatic heterocycles. The largest absolute Gasteiger partial charge is 0.456 e. The summed E-state index contributed by atoms with van der Waals surface area (Å²) in [6.07, 6.45) is 0.